The van der Waals surface area contributed by atoms with E-state index in [1.165, 1.54) is 37.7 Å². The largest absolute Gasteiger partial charge is 0.378 e. The van der Waals surface area contributed by atoms with Crippen molar-refractivity contribution in [3.63, 3.8) is 0 Å². The highest BCUT2D eigenvalue weighted by atomic mass is 35.5. The number of hydrogen-bond acceptors (Lipinski definition) is 8. The summed E-state index contributed by atoms with van der Waals surface area (Å²) in [6, 6.07) is 0.744. The minimum atomic E-state index is 0.277. The van der Waals surface area contributed by atoms with E-state index in [0.29, 0.717) is 13.2 Å². The Bertz CT molecular complexity index is 860. The average molecular weight is 438 g/mol. The molecule has 5 heterocycles. The molecule has 2 aromatic heterocycles. The lowest BCUT2D eigenvalue weighted by molar-refractivity contribution is 0.0404. The lowest BCUT2D eigenvalue weighted by Crippen LogP contribution is -2.61. The second kappa shape index (κ2) is 8.55. The molecule has 0 spiro atoms. The van der Waals surface area contributed by atoms with Crippen LogP contribution in [0.2, 0.25) is 5.28 Å². The fraction of sp³-hybridized carbons (Fsp3) is 0.737. The van der Waals surface area contributed by atoms with Crippen molar-refractivity contribution in [2.45, 2.75) is 12.5 Å². The van der Waals surface area contributed by atoms with Crippen molar-refractivity contribution in [2.75, 3.05) is 75.4 Å². The van der Waals surface area contributed by atoms with E-state index in [4.69, 9.17) is 21.3 Å². The van der Waals surface area contributed by atoms with Crippen LogP contribution < -0.4 is 4.90 Å². The molecular formula is C19H28ClN7OS. The van der Waals surface area contributed by atoms with Gasteiger partial charge in [-0.05, 0) is 11.6 Å². The molecule has 3 aliphatic heterocycles. The minimum absolute atomic E-state index is 0.277. The second-order valence-corrected chi connectivity index (χ2v) is 9.55. The van der Waals surface area contributed by atoms with Crippen LogP contribution in [-0.2, 0) is 18.2 Å². The number of hydrogen-bond donors (Lipinski definition) is 0. The zero-order valence-corrected chi connectivity index (χ0v) is 18.5. The molecule has 3 aliphatic rings. The molecule has 0 atom stereocenters. The smallest absolute Gasteiger partial charge is 0.226 e. The number of halogens is 1. The molecule has 3 saturated heterocycles. The number of aromatic nitrogens is 4. The predicted molar refractivity (Wildman–Crippen MR) is 117 cm³/mol. The number of fused-ring (bicyclic) bond motifs is 1. The van der Waals surface area contributed by atoms with Crippen molar-refractivity contribution < 1.29 is 4.74 Å². The fourth-order valence-corrected chi connectivity index (χ4v) is 5.53. The summed E-state index contributed by atoms with van der Waals surface area (Å²) < 4.78 is 7.55. The summed E-state index contributed by atoms with van der Waals surface area (Å²) in [5, 5.41) is 0.277. The molecule has 0 aliphatic carbocycles. The van der Waals surface area contributed by atoms with E-state index in [2.05, 4.69) is 41.0 Å². The summed E-state index contributed by atoms with van der Waals surface area (Å²) in [5.74, 6) is 4.44. The Morgan fingerprint density at radius 2 is 1.83 bits per heavy atom. The summed E-state index contributed by atoms with van der Waals surface area (Å²) in [7, 11) is 2.03. The number of rotatable bonds is 5. The summed E-state index contributed by atoms with van der Waals surface area (Å²) in [5.41, 5.74) is 1.66. The van der Waals surface area contributed by atoms with Gasteiger partial charge in [0.1, 0.15) is 5.82 Å². The van der Waals surface area contributed by atoms with Crippen LogP contribution in [0.4, 0.5) is 5.82 Å². The molecule has 0 bridgehead atoms. The molecule has 0 aromatic carbocycles. The van der Waals surface area contributed by atoms with Gasteiger partial charge in [0.2, 0.25) is 5.28 Å². The fourth-order valence-electron chi connectivity index (χ4n) is 4.44. The normalized spacial score (nSPS) is 22.3. The van der Waals surface area contributed by atoms with Gasteiger partial charge in [-0.1, -0.05) is 0 Å². The molecular weight excluding hydrogens is 410 g/mol. The molecule has 29 heavy (non-hydrogen) atoms. The van der Waals surface area contributed by atoms with E-state index in [1.807, 2.05) is 7.05 Å². The number of ether oxygens (including phenoxy) is 1. The minimum Gasteiger partial charge on any atom is -0.378 e. The van der Waals surface area contributed by atoms with Gasteiger partial charge < -0.3 is 14.2 Å². The quantitative estimate of drug-likeness (QED) is 0.645. The van der Waals surface area contributed by atoms with Gasteiger partial charge in [-0.2, -0.15) is 21.7 Å². The van der Waals surface area contributed by atoms with Gasteiger partial charge in [0, 0.05) is 76.8 Å². The van der Waals surface area contributed by atoms with Crippen LogP contribution >= 0.6 is 23.4 Å². The first-order valence-electron chi connectivity index (χ1n) is 10.4. The molecule has 0 saturated carbocycles. The first-order valence-corrected chi connectivity index (χ1v) is 12.0. The van der Waals surface area contributed by atoms with Crippen LogP contribution in [0.5, 0.6) is 0 Å². The number of aryl methyl sites for hydroxylation is 1. The Kier molecular flexibility index (Phi) is 5.84. The van der Waals surface area contributed by atoms with Gasteiger partial charge in [0.05, 0.1) is 13.2 Å². The Morgan fingerprint density at radius 3 is 2.59 bits per heavy atom. The highest BCUT2D eigenvalue weighted by Gasteiger charge is 2.32. The summed E-state index contributed by atoms with van der Waals surface area (Å²) in [4.78, 5) is 21.3. The van der Waals surface area contributed by atoms with E-state index in [0.717, 1.165) is 54.9 Å². The lowest BCUT2D eigenvalue weighted by Gasteiger charge is -2.46. The molecule has 0 amide bonds. The topological polar surface area (TPSA) is 62.5 Å². The highest BCUT2D eigenvalue weighted by Crippen LogP contribution is 2.27. The Labute approximate surface area is 180 Å². The SMILES string of the molecule is Cn1c(CCN2CC(N3CCSCC3)C2)nc2c(N3CCOCC3)nc(Cl)nc21. The first kappa shape index (κ1) is 19.8. The third-order valence-electron chi connectivity index (χ3n) is 6.23. The van der Waals surface area contributed by atoms with Gasteiger partial charge in [-0.25, -0.2) is 4.98 Å². The van der Waals surface area contributed by atoms with Crippen molar-refractivity contribution in [2.24, 2.45) is 7.05 Å². The van der Waals surface area contributed by atoms with Crippen LogP contribution in [0.3, 0.4) is 0 Å². The summed E-state index contributed by atoms with van der Waals surface area (Å²) >= 11 is 8.32. The van der Waals surface area contributed by atoms with E-state index >= 15 is 0 Å². The molecule has 5 rings (SSSR count). The van der Waals surface area contributed by atoms with Gasteiger partial charge in [-0.15, -0.1) is 0 Å². The van der Waals surface area contributed by atoms with Crippen LogP contribution in [0.15, 0.2) is 0 Å². The van der Waals surface area contributed by atoms with E-state index in [9.17, 15) is 0 Å². The third kappa shape index (κ3) is 4.07. The maximum atomic E-state index is 6.24. The molecule has 10 heteroatoms. The summed E-state index contributed by atoms with van der Waals surface area (Å²) in [6.07, 6.45) is 0.912. The highest BCUT2D eigenvalue weighted by molar-refractivity contribution is 7.99. The number of morpholine rings is 1. The molecule has 0 radical (unpaired) electrons. The van der Waals surface area contributed by atoms with Crippen LogP contribution in [-0.4, -0.2) is 106 Å². The zero-order valence-electron chi connectivity index (χ0n) is 16.9. The van der Waals surface area contributed by atoms with Crippen molar-refractivity contribution in [1.29, 1.82) is 0 Å². The predicted octanol–water partition coefficient (Wildman–Crippen LogP) is 1.13. The van der Waals surface area contributed by atoms with Crippen LogP contribution in [0.1, 0.15) is 5.82 Å². The first-order chi connectivity index (χ1) is 14.2. The monoisotopic (exact) mass is 437 g/mol. The molecule has 158 valence electrons. The van der Waals surface area contributed by atoms with Gasteiger partial charge in [0.15, 0.2) is 17.0 Å². The van der Waals surface area contributed by atoms with Crippen molar-refractivity contribution >= 4 is 40.3 Å². The lowest BCUT2D eigenvalue weighted by atomic mass is 10.1. The number of thioether (sulfide) groups is 1. The van der Waals surface area contributed by atoms with Crippen LogP contribution in [0, 0.1) is 0 Å². The molecule has 3 fully saturated rings. The Morgan fingerprint density at radius 1 is 1.07 bits per heavy atom. The van der Waals surface area contributed by atoms with Crippen molar-refractivity contribution in [3.8, 4) is 0 Å². The Hall–Kier alpha value is -1.13. The number of imidazole rings is 1. The number of nitrogens with zero attached hydrogens (tertiary/aromatic N) is 7. The van der Waals surface area contributed by atoms with Crippen LogP contribution in [0.25, 0.3) is 11.2 Å². The van der Waals surface area contributed by atoms with E-state index in [-0.39, 0.29) is 5.28 Å². The van der Waals surface area contributed by atoms with Gasteiger partial charge in [-0.3, -0.25) is 9.80 Å². The maximum Gasteiger partial charge on any atom is 0.226 e. The van der Waals surface area contributed by atoms with Crippen molar-refractivity contribution in [3.05, 3.63) is 11.1 Å². The van der Waals surface area contributed by atoms with E-state index in [1.54, 1.807) is 0 Å². The zero-order chi connectivity index (χ0) is 19.8. The number of anilines is 1. The third-order valence-corrected chi connectivity index (χ3v) is 7.34. The average Bonchev–Trinajstić information content (AvgIpc) is 3.03. The van der Waals surface area contributed by atoms with Crippen molar-refractivity contribution in [1.82, 2.24) is 29.3 Å². The van der Waals surface area contributed by atoms with E-state index < -0.39 is 0 Å². The standard InChI is InChI=1S/C19H28ClN7OS/c1-24-15(2-3-25-12-14(13-25)26-6-10-29-11-7-26)21-16-17(24)22-19(20)23-18(16)27-4-8-28-9-5-27/h14H,2-13H2,1H3. The molecule has 0 N–H and O–H groups in total. The summed E-state index contributed by atoms with van der Waals surface area (Å²) in [6.45, 7) is 8.90. The van der Waals surface area contributed by atoms with Gasteiger partial charge in [0.25, 0.3) is 0 Å². The maximum absolute atomic E-state index is 6.24. The van der Waals surface area contributed by atoms with Gasteiger partial charge >= 0.3 is 0 Å². The molecule has 8 nitrogen and oxygen atoms in total. The molecule has 2 aromatic rings. The second-order valence-electron chi connectivity index (χ2n) is 7.99. The molecule has 0 unspecified atom stereocenters. The Balaban J connectivity index is 1.26. The number of likely N-dealkylation sites (tertiary alicyclic amines) is 1.